The van der Waals surface area contributed by atoms with Gasteiger partial charge in [-0.15, -0.1) is 0 Å². The summed E-state index contributed by atoms with van der Waals surface area (Å²) in [5, 5.41) is 5.96. The Hall–Kier alpha value is -2.10. The molecule has 0 aliphatic carbocycles. The lowest BCUT2D eigenvalue weighted by molar-refractivity contribution is -0.114. The third kappa shape index (κ3) is 2.84. The maximum atomic E-state index is 12.4. The van der Waals surface area contributed by atoms with E-state index in [1.807, 2.05) is 55.5 Å². The van der Waals surface area contributed by atoms with E-state index in [9.17, 15) is 4.79 Å². The molecule has 0 fully saturated rings. The van der Waals surface area contributed by atoms with E-state index in [2.05, 4.69) is 12.0 Å². The molecule has 1 aromatic rings. The van der Waals surface area contributed by atoms with Gasteiger partial charge in [0.25, 0.3) is 5.91 Å². The smallest absolute Gasteiger partial charge is 0.282 e. The van der Waals surface area contributed by atoms with Gasteiger partial charge in [-0.25, -0.2) is 0 Å². The lowest BCUT2D eigenvalue weighted by atomic mass is 10.1. The largest absolute Gasteiger partial charge is 0.383 e. The molecule has 100 valence electrons. The summed E-state index contributed by atoms with van der Waals surface area (Å²) in [4.78, 5) is 14.3. The first kappa shape index (κ1) is 13.3. The predicted molar refractivity (Wildman–Crippen MR) is 78.0 cm³/mol. The number of hydrazone groups is 1. The van der Waals surface area contributed by atoms with Crippen LogP contribution in [-0.4, -0.2) is 30.6 Å². The highest BCUT2D eigenvalue weighted by atomic mass is 16.2. The highest BCUT2D eigenvalue weighted by Crippen LogP contribution is 2.24. The molecule has 0 aromatic heterocycles. The van der Waals surface area contributed by atoms with Crippen LogP contribution in [0.25, 0.3) is 0 Å². The number of anilines is 1. The molecule has 0 radical (unpaired) electrons. The van der Waals surface area contributed by atoms with Gasteiger partial charge in [-0.1, -0.05) is 31.5 Å². The van der Waals surface area contributed by atoms with Crippen molar-refractivity contribution in [2.24, 2.45) is 5.10 Å². The van der Waals surface area contributed by atoms with Gasteiger partial charge in [-0.3, -0.25) is 4.79 Å². The Morgan fingerprint density at radius 3 is 2.53 bits per heavy atom. The van der Waals surface area contributed by atoms with Crippen molar-refractivity contribution in [3.8, 4) is 0 Å². The molecule has 19 heavy (non-hydrogen) atoms. The monoisotopic (exact) mass is 257 g/mol. The summed E-state index contributed by atoms with van der Waals surface area (Å²) in [7, 11) is 3.82. The van der Waals surface area contributed by atoms with Crippen molar-refractivity contribution in [2.45, 2.75) is 19.8 Å². The third-order valence-electron chi connectivity index (χ3n) is 2.83. The van der Waals surface area contributed by atoms with E-state index in [4.69, 9.17) is 0 Å². The number of rotatable bonds is 4. The maximum absolute atomic E-state index is 12.4. The fourth-order valence-corrected chi connectivity index (χ4v) is 2.01. The van der Waals surface area contributed by atoms with Gasteiger partial charge in [0.05, 0.1) is 17.0 Å². The van der Waals surface area contributed by atoms with Crippen molar-refractivity contribution >= 4 is 17.3 Å². The number of carbonyl (C=O) groups excluding carboxylic acids is 1. The summed E-state index contributed by atoms with van der Waals surface area (Å²) < 4.78 is 0. The predicted octanol–water partition coefficient (Wildman–Crippen LogP) is 2.63. The highest BCUT2D eigenvalue weighted by Gasteiger charge is 2.30. The Morgan fingerprint density at radius 2 is 1.95 bits per heavy atom. The van der Waals surface area contributed by atoms with E-state index in [-0.39, 0.29) is 5.91 Å². The molecule has 0 saturated heterocycles. The lowest BCUT2D eigenvalue weighted by Crippen LogP contribution is -2.22. The van der Waals surface area contributed by atoms with Gasteiger partial charge >= 0.3 is 0 Å². The van der Waals surface area contributed by atoms with Crippen LogP contribution in [0.5, 0.6) is 0 Å². The van der Waals surface area contributed by atoms with Crippen molar-refractivity contribution in [1.82, 2.24) is 4.90 Å². The number of nitrogens with zero attached hydrogens (tertiary/aromatic N) is 3. The van der Waals surface area contributed by atoms with Crippen LogP contribution in [0.2, 0.25) is 0 Å². The van der Waals surface area contributed by atoms with E-state index in [1.54, 1.807) is 0 Å². The van der Waals surface area contributed by atoms with Gasteiger partial charge in [0.15, 0.2) is 0 Å². The van der Waals surface area contributed by atoms with E-state index in [0.717, 1.165) is 24.2 Å². The summed E-state index contributed by atoms with van der Waals surface area (Å²) in [6.45, 7) is 2.09. The Balaban J connectivity index is 2.36. The van der Waals surface area contributed by atoms with Gasteiger partial charge in [-0.05, 0) is 18.6 Å². The van der Waals surface area contributed by atoms with E-state index in [0.29, 0.717) is 5.57 Å². The van der Waals surface area contributed by atoms with E-state index >= 15 is 0 Å². The second-order valence-corrected chi connectivity index (χ2v) is 4.76. The van der Waals surface area contributed by atoms with Gasteiger partial charge in [0.2, 0.25) is 0 Å². The van der Waals surface area contributed by atoms with Crippen molar-refractivity contribution in [1.29, 1.82) is 0 Å². The zero-order chi connectivity index (χ0) is 13.8. The third-order valence-corrected chi connectivity index (χ3v) is 2.83. The molecule has 0 spiro atoms. The fraction of sp³-hybridized carbons (Fsp3) is 0.333. The summed E-state index contributed by atoms with van der Waals surface area (Å²) in [5.41, 5.74) is 2.36. The summed E-state index contributed by atoms with van der Waals surface area (Å²) in [6, 6.07) is 9.53. The first-order valence-electron chi connectivity index (χ1n) is 6.49. The van der Waals surface area contributed by atoms with Crippen molar-refractivity contribution < 1.29 is 4.79 Å². The van der Waals surface area contributed by atoms with Gasteiger partial charge in [0.1, 0.15) is 0 Å². The lowest BCUT2D eigenvalue weighted by Gasteiger charge is -2.11. The minimum Gasteiger partial charge on any atom is -0.383 e. The van der Waals surface area contributed by atoms with Crippen LogP contribution in [0.3, 0.4) is 0 Å². The topological polar surface area (TPSA) is 35.9 Å². The molecule has 2 rings (SSSR count). The number of benzene rings is 1. The van der Waals surface area contributed by atoms with Crippen LogP contribution < -0.4 is 5.01 Å². The van der Waals surface area contributed by atoms with Gasteiger partial charge in [0, 0.05) is 20.3 Å². The van der Waals surface area contributed by atoms with Crippen LogP contribution in [0.1, 0.15) is 19.8 Å². The van der Waals surface area contributed by atoms with E-state index in [1.165, 1.54) is 5.01 Å². The number of carbonyl (C=O) groups is 1. The molecule has 1 aliphatic heterocycles. The molecular formula is C15H19N3O. The summed E-state index contributed by atoms with van der Waals surface area (Å²) >= 11 is 0. The molecule has 1 aromatic carbocycles. The average molecular weight is 257 g/mol. The zero-order valence-electron chi connectivity index (χ0n) is 11.6. The molecule has 1 aliphatic rings. The Kier molecular flexibility index (Phi) is 4.00. The van der Waals surface area contributed by atoms with Crippen molar-refractivity contribution in [2.75, 3.05) is 19.1 Å². The van der Waals surface area contributed by atoms with Crippen molar-refractivity contribution in [3.63, 3.8) is 0 Å². The zero-order valence-corrected chi connectivity index (χ0v) is 11.6. The normalized spacial score (nSPS) is 17.0. The van der Waals surface area contributed by atoms with E-state index < -0.39 is 0 Å². The molecular weight excluding hydrogens is 238 g/mol. The highest BCUT2D eigenvalue weighted by molar-refractivity contribution is 6.30. The minimum absolute atomic E-state index is 0.0525. The second-order valence-electron chi connectivity index (χ2n) is 4.76. The standard InChI is InChI=1S/C15H19N3O/c1-4-8-14-13(11-17(2)3)15(19)18(16-14)12-9-6-5-7-10-12/h5-7,9-11H,4,8H2,1-3H3/b13-11+. The van der Waals surface area contributed by atoms with Crippen LogP contribution in [0.15, 0.2) is 47.2 Å². The number of para-hydroxylation sites is 1. The SMILES string of the molecule is CCCC1=NN(c2ccccc2)C(=O)/C1=C/N(C)C. The molecule has 0 unspecified atom stereocenters. The van der Waals surface area contributed by atoms with Gasteiger partial charge < -0.3 is 4.90 Å². The first-order chi connectivity index (χ1) is 9.13. The maximum Gasteiger partial charge on any atom is 0.282 e. The first-order valence-corrected chi connectivity index (χ1v) is 6.49. The molecule has 0 saturated carbocycles. The van der Waals surface area contributed by atoms with Crippen LogP contribution >= 0.6 is 0 Å². The average Bonchev–Trinajstić information content (AvgIpc) is 2.69. The molecule has 0 atom stereocenters. The second kappa shape index (κ2) is 5.69. The van der Waals surface area contributed by atoms with Gasteiger partial charge in [-0.2, -0.15) is 10.1 Å². The molecule has 1 amide bonds. The van der Waals surface area contributed by atoms with Crippen LogP contribution in [0.4, 0.5) is 5.69 Å². The van der Waals surface area contributed by atoms with Crippen LogP contribution in [0, 0.1) is 0 Å². The molecule has 0 N–H and O–H groups in total. The minimum atomic E-state index is -0.0525. The number of hydrogen-bond acceptors (Lipinski definition) is 3. The molecule has 4 heteroatoms. The van der Waals surface area contributed by atoms with Crippen LogP contribution in [-0.2, 0) is 4.79 Å². The Labute approximate surface area is 114 Å². The molecule has 1 heterocycles. The number of hydrogen-bond donors (Lipinski definition) is 0. The fourth-order valence-electron chi connectivity index (χ4n) is 2.01. The van der Waals surface area contributed by atoms with Crippen molar-refractivity contribution in [3.05, 3.63) is 42.1 Å². The molecule has 0 bridgehead atoms. The number of amides is 1. The Bertz CT molecular complexity index is 517. The molecule has 4 nitrogen and oxygen atoms in total. The Morgan fingerprint density at radius 1 is 1.26 bits per heavy atom. The quantitative estimate of drug-likeness (QED) is 0.777. The summed E-state index contributed by atoms with van der Waals surface area (Å²) in [5.74, 6) is -0.0525. The summed E-state index contributed by atoms with van der Waals surface area (Å²) in [6.07, 6.45) is 3.63.